The normalized spacial score (nSPS) is 20.4. The molecule has 1 aromatic heterocycles. The highest BCUT2D eigenvalue weighted by Gasteiger charge is 2.23. The van der Waals surface area contributed by atoms with Crippen molar-refractivity contribution >= 4 is 5.97 Å². The highest BCUT2D eigenvalue weighted by Crippen LogP contribution is 2.22. The monoisotopic (exact) mass is 251 g/mol. The summed E-state index contributed by atoms with van der Waals surface area (Å²) < 4.78 is 1.94. The number of rotatable bonds is 6. The Kier molecular flexibility index (Phi) is 4.36. The maximum Gasteiger partial charge on any atom is 0.303 e. The number of aryl methyl sites for hydroxylation is 1. The molecule has 0 spiro atoms. The average Bonchev–Trinajstić information content (AvgIpc) is 2.96. The van der Waals surface area contributed by atoms with Gasteiger partial charge in [0.25, 0.3) is 0 Å². The van der Waals surface area contributed by atoms with E-state index in [0.717, 1.165) is 39.0 Å². The first-order valence-electron chi connectivity index (χ1n) is 6.63. The molecule has 0 aliphatic carbocycles. The Balaban J connectivity index is 1.76. The second-order valence-electron chi connectivity index (χ2n) is 5.03. The number of aromatic nitrogens is 2. The van der Waals surface area contributed by atoms with Gasteiger partial charge >= 0.3 is 5.97 Å². The fourth-order valence-electron chi connectivity index (χ4n) is 2.54. The first-order chi connectivity index (χ1) is 8.67. The molecule has 18 heavy (non-hydrogen) atoms. The van der Waals surface area contributed by atoms with Crippen LogP contribution in [0.3, 0.4) is 0 Å². The van der Waals surface area contributed by atoms with Crippen LogP contribution in [0, 0.1) is 5.92 Å². The van der Waals surface area contributed by atoms with Gasteiger partial charge in [-0.1, -0.05) is 0 Å². The van der Waals surface area contributed by atoms with Gasteiger partial charge in [0, 0.05) is 37.8 Å². The lowest BCUT2D eigenvalue weighted by Crippen LogP contribution is -2.20. The van der Waals surface area contributed by atoms with E-state index in [9.17, 15) is 4.79 Å². The summed E-state index contributed by atoms with van der Waals surface area (Å²) in [7, 11) is 0. The molecule has 1 unspecified atom stereocenters. The summed E-state index contributed by atoms with van der Waals surface area (Å²) in [6, 6.07) is 0. The molecule has 0 aromatic carbocycles. The third-order valence-electron chi connectivity index (χ3n) is 3.55. The van der Waals surface area contributed by atoms with Crippen LogP contribution in [0.2, 0.25) is 0 Å². The lowest BCUT2D eigenvalue weighted by molar-refractivity contribution is -0.137. The van der Waals surface area contributed by atoms with Crippen LogP contribution in [0.15, 0.2) is 12.4 Å². The van der Waals surface area contributed by atoms with Crippen molar-refractivity contribution in [2.45, 2.75) is 39.3 Å². The van der Waals surface area contributed by atoms with E-state index >= 15 is 0 Å². The van der Waals surface area contributed by atoms with Gasteiger partial charge < -0.3 is 5.11 Å². The van der Waals surface area contributed by atoms with E-state index in [1.165, 1.54) is 5.56 Å². The van der Waals surface area contributed by atoms with Crippen LogP contribution in [0.1, 0.15) is 31.7 Å². The van der Waals surface area contributed by atoms with Crippen LogP contribution < -0.4 is 0 Å². The Morgan fingerprint density at radius 2 is 2.44 bits per heavy atom. The number of nitrogens with zero attached hydrogens (tertiary/aromatic N) is 3. The molecule has 5 heteroatoms. The number of carboxylic acids is 1. The van der Waals surface area contributed by atoms with Crippen molar-refractivity contribution in [3.05, 3.63) is 18.0 Å². The number of aliphatic carboxylic acids is 1. The van der Waals surface area contributed by atoms with Gasteiger partial charge in [0.2, 0.25) is 0 Å². The smallest absolute Gasteiger partial charge is 0.303 e. The molecule has 1 aliphatic rings. The van der Waals surface area contributed by atoms with Gasteiger partial charge in [-0.3, -0.25) is 14.4 Å². The van der Waals surface area contributed by atoms with Crippen LogP contribution in [0.4, 0.5) is 0 Å². The van der Waals surface area contributed by atoms with Crippen molar-refractivity contribution in [3.8, 4) is 0 Å². The number of hydrogen-bond acceptors (Lipinski definition) is 3. The summed E-state index contributed by atoms with van der Waals surface area (Å²) in [5.41, 5.74) is 1.25. The molecule has 5 nitrogen and oxygen atoms in total. The Morgan fingerprint density at radius 1 is 1.61 bits per heavy atom. The van der Waals surface area contributed by atoms with Gasteiger partial charge in [0.15, 0.2) is 0 Å². The maximum absolute atomic E-state index is 10.5. The largest absolute Gasteiger partial charge is 0.481 e. The summed E-state index contributed by atoms with van der Waals surface area (Å²) in [4.78, 5) is 12.9. The standard InChI is InChI=1S/C13H21N3O2/c1-2-16-10-12(7-14-16)9-15-6-5-11(8-15)3-4-13(17)18/h7,10-11H,2-6,8-9H2,1H3,(H,17,18). The summed E-state index contributed by atoms with van der Waals surface area (Å²) >= 11 is 0. The molecule has 0 radical (unpaired) electrons. The minimum absolute atomic E-state index is 0.298. The predicted octanol–water partition coefficient (Wildman–Crippen LogP) is 1.59. The molecule has 0 saturated carbocycles. The fraction of sp³-hybridized carbons (Fsp3) is 0.692. The van der Waals surface area contributed by atoms with E-state index in [0.29, 0.717) is 12.3 Å². The molecule has 1 fully saturated rings. The zero-order valence-corrected chi connectivity index (χ0v) is 10.9. The van der Waals surface area contributed by atoms with Crippen LogP contribution in [0.25, 0.3) is 0 Å². The van der Waals surface area contributed by atoms with Gasteiger partial charge in [0.1, 0.15) is 0 Å². The first kappa shape index (κ1) is 13.1. The van der Waals surface area contributed by atoms with Crippen LogP contribution in [-0.4, -0.2) is 38.8 Å². The molecule has 2 rings (SSSR count). The first-order valence-corrected chi connectivity index (χ1v) is 6.63. The number of carbonyl (C=O) groups is 1. The molecule has 1 saturated heterocycles. The Hall–Kier alpha value is -1.36. The van der Waals surface area contributed by atoms with E-state index in [1.807, 2.05) is 10.9 Å². The van der Waals surface area contributed by atoms with Crippen LogP contribution in [-0.2, 0) is 17.9 Å². The highest BCUT2D eigenvalue weighted by atomic mass is 16.4. The number of hydrogen-bond donors (Lipinski definition) is 1. The van der Waals surface area contributed by atoms with Gasteiger partial charge in [-0.15, -0.1) is 0 Å². The SMILES string of the molecule is CCn1cc(CN2CCC(CCC(=O)O)C2)cn1. The van der Waals surface area contributed by atoms with Crippen LogP contribution in [0.5, 0.6) is 0 Å². The minimum atomic E-state index is -0.683. The minimum Gasteiger partial charge on any atom is -0.481 e. The molecule has 2 heterocycles. The van der Waals surface area contributed by atoms with Gasteiger partial charge in [-0.2, -0.15) is 5.10 Å². The van der Waals surface area contributed by atoms with Gasteiger partial charge in [0.05, 0.1) is 6.20 Å². The molecular formula is C13H21N3O2. The Bertz CT molecular complexity index is 403. The van der Waals surface area contributed by atoms with E-state index in [-0.39, 0.29) is 0 Å². The van der Waals surface area contributed by atoms with Crippen molar-refractivity contribution in [2.75, 3.05) is 13.1 Å². The highest BCUT2D eigenvalue weighted by molar-refractivity contribution is 5.66. The molecule has 100 valence electrons. The second kappa shape index (κ2) is 6.00. The second-order valence-corrected chi connectivity index (χ2v) is 5.03. The lowest BCUT2D eigenvalue weighted by Gasteiger charge is -2.14. The Labute approximate surface area is 107 Å². The number of carboxylic acid groups (broad SMARTS) is 1. The molecule has 1 aromatic rings. The zero-order valence-electron chi connectivity index (χ0n) is 10.9. The summed E-state index contributed by atoms with van der Waals surface area (Å²) in [5.74, 6) is -0.139. The van der Waals surface area contributed by atoms with Crippen molar-refractivity contribution in [1.29, 1.82) is 0 Å². The Morgan fingerprint density at radius 3 is 3.11 bits per heavy atom. The molecule has 1 atom stereocenters. The average molecular weight is 251 g/mol. The van der Waals surface area contributed by atoms with Crippen molar-refractivity contribution in [1.82, 2.24) is 14.7 Å². The quantitative estimate of drug-likeness (QED) is 0.834. The summed E-state index contributed by atoms with van der Waals surface area (Å²) in [6.45, 7) is 6.01. The van der Waals surface area contributed by atoms with Crippen molar-refractivity contribution in [2.24, 2.45) is 5.92 Å². The van der Waals surface area contributed by atoms with Crippen molar-refractivity contribution < 1.29 is 9.90 Å². The van der Waals surface area contributed by atoms with Gasteiger partial charge in [-0.05, 0) is 32.2 Å². The topological polar surface area (TPSA) is 58.4 Å². The third kappa shape index (κ3) is 3.57. The summed E-state index contributed by atoms with van der Waals surface area (Å²) in [6.07, 6.45) is 6.24. The van der Waals surface area contributed by atoms with E-state index < -0.39 is 5.97 Å². The van der Waals surface area contributed by atoms with E-state index in [4.69, 9.17) is 5.11 Å². The fourth-order valence-corrected chi connectivity index (χ4v) is 2.54. The molecule has 1 aliphatic heterocycles. The third-order valence-corrected chi connectivity index (χ3v) is 3.55. The zero-order chi connectivity index (χ0) is 13.0. The summed E-state index contributed by atoms with van der Waals surface area (Å²) in [5, 5.41) is 12.9. The lowest BCUT2D eigenvalue weighted by atomic mass is 10.0. The van der Waals surface area contributed by atoms with E-state index in [2.05, 4.69) is 23.1 Å². The number of likely N-dealkylation sites (tertiary alicyclic amines) is 1. The molecule has 0 bridgehead atoms. The van der Waals surface area contributed by atoms with E-state index in [1.54, 1.807) is 0 Å². The molecular weight excluding hydrogens is 230 g/mol. The maximum atomic E-state index is 10.5. The molecule has 0 amide bonds. The van der Waals surface area contributed by atoms with Crippen LogP contribution >= 0.6 is 0 Å². The van der Waals surface area contributed by atoms with Gasteiger partial charge in [-0.25, -0.2) is 0 Å². The molecule has 1 N–H and O–H groups in total. The predicted molar refractivity (Wildman–Crippen MR) is 68.2 cm³/mol. The van der Waals surface area contributed by atoms with Crippen molar-refractivity contribution in [3.63, 3.8) is 0 Å².